The second-order valence-corrected chi connectivity index (χ2v) is 11.3. The number of aliphatic carboxylic acids is 1. The molecule has 2 N–H and O–H groups in total. The number of rotatable bonds is 10. The standard InChI is InChI=1S/C34H39N3O6/c1-23-18-25(20-30(42-2)32(23)43-22-24-8-4-3-5-9-24)19-27(33(39)40)21-31(38)36-15-13-28(14-16-36)37-17-12-26-10-6-7-11-29(26)35-34(37)41/h3-11,18,20,27-28H,12-17,19,21-22H2,1-2H3,(H,35,41)(H,39,40)/t27-/m0/s1. The van der Waals surface area contributed by atoms with Crippen LogP contribution < -0.4 is 14.8 Å². The number of benzene rings is 3. The van der Waals surface area contributed by atoms with Gasteiger partial charge in [-0.3, -0.25) is 9.59 Å². The van der Waals surface area contributed by atoms with Gasteiger partial charge < -0.3 is 29.7 Å². The summed E-state index contributed by atoms with van der Waals surface area (Å²) >= 11 is 0. The number of nitrogens with zero attached hydrogens (tertiary/aromatic N) is 2. The first-order chi connectivity index (χ1) is 20.8. The summed E-state index contributed by atoms with van der Waals surface area (Å²) in [5.74, 6) is -0.914. The van der Waals surface area contributed by atoms with Crippen molar-refractivity contribution in [1.29, 1.82) is 0 Å². The van der Waals surface area contributed by atoms with Gasteiger partial charge in [0.25, 0.3) is 0 Å². The Hall–Kier alpha value is -4.53. The monoisotopic (exact) mass is 585 g/mol. The summed E-state index contributed by atoms with van der Waals surface area (Å²) in [5, 5.41) is 13.0. The van der Waals surface area contributed by atoms with E-state index >= 15 is 0 Å². The van der Waals surface area contributed by atoms with Crippen LogP contribution in [0.4, 0.5) is 10.5 Å². The van der Waals surface area contributed by atoms with E-state index in [0.717, 1.165) is 34.4 Å². The van der Waals surface area contributed by atoms with E-state index in [0.29, 0.717) is 50.6 Å². The van der Waals surface area contributed by atoms with Crippen LogP contribution in [0, 0.1) is 12.8 Å². The molecule has 3 amide bonds. The van der Waals surface area contributed by atoms with Crippen molar-refractivity contribution in [2.45, 2.75) is 51.7 Å². The minimum Gasteiger partial charge on any atom is -0.493 e. The molecule has 3 aromatic rings. The minimum atomic E-state index is -1.01. The van der Waals surface area contributed by atoms with Crippen LogP contribution in [0.1, 0.15) is 41.5 Å². The molecule has 43 heavy (non-hydrogen) atoms. The third-order valence-electron chi connectivity index (χ3n) is 8.40. The van der Waals surface area contributed by atoms with E-state index in [1.807, 2.05) is 72.5 Å². The lowest BCUT2D eigenvalue weighted by atomic mass is 9.93. The van der Waals surface area contributed by atoms with E-state index in [9.17, 15) is 19.5 Å². The highest BCUT2D eigenvalue weighted by Crippen LogP contribution is 2.34. The summed E-state index contributed by atoms with van der Waals surface area (Å²) in [5.41, 5.74) is 4.61. The summed E-state index contributed by atoms with van der Waals surface area (Å²) in [4.78, 5) is 42.0. The van der Waals surface area contributed by atoms with Gasteiger partial charge in [-0.15, -0.1) is 0 Å². The van der Waals surface area contributed by atoms with Crippen LogP contribution in [0.15, 0.2) is 66.7 Å². The minimum absolute atomic E-state index is 0.0340. The third-order valence-corrected chi connectivity index (χ3v) is 8.40. The van der Waals surface area contributed by atoms with Gasteiger partial charge in [0.2, 0.25) is 5.91 Å². The van der Waals surface area contributed by atoms with Gasteiger partial charge in [0.15, 0.2) is 11.5 Å². The van der Waals surface area contributed by atoms with Crippen molar-refractivity contribution in [3.63, 3.8) is 0 Å². The van der Waals surface area contributed by atoms with E-state index in [1.54, 1.807) is 18.1 Å². The molecule has 0 bridgehead atoms. The molecule has 9 heteroatoms. The van der Waals surface area contributed by atoms with Crippen molar-refractivity contribution in [2.24, 2.45) is 5.92 Å². The maximum atomic E-state index is 13.2. The number of methoxy groups -OCH3 is 1. The summed E-state index contributed by atoms with van der Waals surface area (Å²) in [6, 6.07) is 21.3. The van der Waals surface area contributed by atoms with Crippen LogP contribution in [0.25, 0.3) is 0 Å². The predicted octanol–water partition coefficient (Wildman–Crippen LogP) is 5.30. The number of ether oxygens (including phenoxy) is 2. The van der Waals surface area contributed by atoms with Gasteiger partial charge in [0, 0.05) is 37.8 Å². The lowest BCUT2D eigenvalue weighted by molar-refractivity contribution is -0.146. The number of piperidine rings is 1. The second kappa shape index (κ2) is 13.6. The Labute approximate surface area is 252 Å². The number of carbonyl (C=O) groups excluding carboxylic acids is 2. The average molecular weight is 586 g/mol. The van der Waals surface area contributed by atoms with Gasteiger partial charge in [0.1, 0.15) is 6.61 Å². The second-order valence-electron chi connectivity index (χ2n) is 11.3. The highest BCUT2D eigenvalue weighted by Gasteiger charge is 2.33. The van der Waals surface area contributed by atoms with Crippen LogP contribution in [-0.2, 0) is 29.0 Å². The Balaban J connectivity index is 1.17. The first-order valence-corrected chi connectivity index (χ1v) is 14.8. The first kappa shape index (κ1) is 29.9. The zero-order chi connectivity index (χ0) is 30.3. The number of para-hydroxylation sites is 1. The van der Waals surface area contributed by atoms with Crippen LogP contribution in [-0.4, -0.2) is 65.6 Å². The van der Waals surface area contributed by atoms with Crippen LogP contribution in [0.2, 0.25) is 0 Å². The molecule has 0 saturated carbocycles. The molecule has 1 atom stereocenters. The van der Waals surface area contributed by atoms with Crippen molar-refractivity contribution >= 4 is 23.6 Å². The summed E-state index contributed by atoms with van der Waals surface area (Å²) < 4.78 is 11.6. The van der Waals surface area contributed by atoms with Crippen molar-refractivity contribution in [3.05, 3.63) is 89.0 Å². The molecule has 0 aromatic heterocycles. The topological polar surface area (TPSA) is 108 Å². The molecule has 2 aliphatic heterocycles. The van der Waals surface area contributed by atoms with E-state index < -0.39 is 11.9 Å². The molecule has 226 valence electrons. The maximum Gasteiger partial charge on any atom is 0.322 e. The molecule has 0 spiro atoms. The van der Waals surface area contributed by atoms with E-state index in [2.05, 4.69) is 5.32 Å². The molecular weight excluding hydrogens is 546 g/mol. The number of carboxylic acids is 1. The number of carboxylic acid groups (broad SMARTS) is 1. The Morgan fingerprint density at radius 2 is 1.72 bits per heavy atom. The van der Waals surface area contributed by atoms with Gasteiger partial charge >= 0.3 is 12.0 Å². The lowest BCUT2D eigenvalue weighted by Gasteiger charge is -2.38. The Morgan fingerprint density at radius 1 is 1.00 bits per heavy atom. The van der Waals surface area contributed by atoms with Crippen LogP contribution >= 0.6 is 0 Å². The number of fused-ring (bicyclic) bond motifs is 1. The van der Waals surface area contributed by atoms with Crippen LogP contribution in [0.3, 0.4) is 0 Å². The number of urea groups is 1. The number of nitrogens with one attached hydrogen (secondary N) is 1. The van der Waals surface area contributed by atoms with Crippen molar-refractivity contribution in [1.82, 2.24) is 9.80 Å². The Bertz CT molecular complexity index is 1450. The van der Waals surface area contributed by atoms with Gasteiger partial charge in [-0.2, -0.15) is 0 Å². The van der Waals surface area contributed by atoms with Crippen LogP contribution in [0.5, 0.6) is 11.5 Å². The predicted molar refractivity (Wildman–Crippen MR) is 163 cm³/mol. The van der Waals surface area contributed by atoms with Crippen molar-refractivity contribution in [3.8, 4) is 11.5 Å². The molecule has 2 heterocycles. The number of hydrogen-bond donors (Lipinski definition) is 2. The molecule has 1 saturated heterocycles. The summed E-state index contributed by atoms with van der Waals surface area (Å²) in [6.07, 6.45) is 2.20. The van der Waals surface area contributed by atoms with Gasteiger partial charge in [-0.05, 0) is 67.0 Å². The highest BCUT2D eigenvalue weighted by molar-refractivity contribution is 5.91. The van der Waals surface area contributed by atoms with E-state index in [4.69, 9.17) is 9.47 Å². The zero-order valence-electron chi connectivity index (χ0n) is 24.8. The Morgan fingerprint density at radius 3 is 2.44 bits per heavy atom. The molecular formula is C34H39N3O6. The number of likely N-dealkylation sites (tertiary alicyclic amines) is 1. The molecule has 5 rings (SSSR count). The molecule has 1 fully saturated rings. The number of carbonyl (C=O) groups is 3. The Kier molecular flexibility index (Phi) is 9.49. The fraction of sp³-hybridized carbons (Fsp3) is 0.382. The summed E-state index contributed by atoms with van der Waals surface area (Å²) in [7, 11) is 1.56. The number of anilines is 1. The largest absolute Gasteiger partial charge is 0.493 e. The van der Waals surface area contributed by atoms with Crippen molar-refractivity contribution in [2.75, 3.05) is 32.1 Å². The highest BCUT2D eigenvalue weighted by atomic mass is 16.5. The number of aryl methyl sites for hydroxylation is 1. The maximum absolute atomic E-state index is 13.2. The molecule has 2 aliphatic rings. The number of amides is 3. The smallest absolute Gasteiger partial charge is 0.322 e. The third kappa shape index (κ3) is 7.28. The fourth-order valence-electron chi connectivity index (χ4n) is 6.03. The molecule has 9 nitrogen and oxygen atoms in total. The fourth-order valence-corrected chi connectivity index (χ4v) is 6.03. The molecule has 0 unspecified atom stereocenters. The quantitative estimate of drug-likeness (QED) is 0.335. The van der Waals surface area contributed by atoms with Gasteiger partial charge in [-0.25, -0.2) is 4.79 Å². The van der Waals surface area contributed by atoms with Gasteiger partial charge in [0.05, 0.1) is 13.0 Å². The normalized spacial score (nSPS) is 16.1. The number of hydrogen-bond acceptors (Lipinski definition) is 5. The molecule has 0 radical (unpaired) electrons. The van der Waals surface area contributed by atoms with E-state index in [-0.39, 0.29) is 30.8 Å². The van der Waals surface area contributed by atoms with E-state index in [1.165, 1.54) is 0 Å². The average Bonchev–Trinajstić information content (AvgIpc) is 3.18. The molecule has 0 aliphatic carbocycles. The lowest BCUT2D eigenvalue weighted by Crippen LogP contribution is -2.50. The SMILES string of the molecule is COc1cc(C[C@@H](CC(=O)N2CCC(N3CCc4ccccc4NC3=O)CC2)C(=O)O)cc(C)c1OCc1ccccc1. The van der Waals surface area contributed by atoms with Gasteiger partial charge in [-0.1, -0.05) is 54.6 Å². The molecule has 3 aromatic carbocycles. The summed E-state index contributed by atoms with van der Waals surface area (Å²) in [6.45, 7) is 3.90. The first-order valence-electron chi connectivity index (χ1n) is 14.8. The zero-order valence-corrected chi connectivity index (χ0v) is 24.8. The van der Waals surface area contributed by atoms with Crippen molar-refractivity contribution < 1.29 is 29.0 Å².